The lowest BCUT2D eigenvalue weighted by Crippen LogP contribution is -2.28. The number of ether oxygens (including phenoxy) is 1. The van der Waals surface area contributed by atoms with Crippen molar-refractivity contribution < 1.29 is 23.1 Å². The quantitative estimate of drug-likeness (QED) is 0.651. The van der Waals surface area contributed by atoms with Crippen LogP contribution in [-0.4, -0.2) is 23.5 Å². The number of pyridine rings is 1. The summed E-state index contributed by atoms with van der Waals surface area (Å²) >= 11 is 0. The average molecular weight is 384 g/mol. The maximum atomic E-state index is 14.6. The summed E-state index contributed by atoms with van der Waals surface area (Å²) in [7, 11) is 0. The fraction of sp³-hybridized carbons (Fsp3) is 0.190. The molecule has 28 heavy (non-hydrogen) atoms. The summed E-state index contributed by atoms with van der Waals surface area (Å²) in [5, 5.41) is 2.77. The van der Waals surface area contributed by atoms with E-state index < -0.39 is 17.5 Å². The molecule has 2 aromatic carbocycles. The third kappa shape index (κ3) is 3.98. The van der Waals surface area contributed by atoms with E-state index in [9.17, 15) is 18.4 Å². The zero-order chi connectivity index (χ0) is 20.1. The van der Waals surface area contributed by atoms with Gasteiger partial charge in [-0.1, -0.05) is 36.4 Å². The van der Waals surface area contributed by atoms with Gasteiger partial charge in [0.25, 0.3) is 0 Å². The Kier molecular flexibility index (Phi) is 5.63. The topological polar surface area (TPSA) is 68.3 Å². The van der Waals surface area contributed by atoms with Gasteiger partial charge < -0.3 is 10.1 Å². The number of esters is 1. The van der Waals surface area contributed by atoms with E-state index in [1.54, 1.807) is 0 Å². The zero-order valence-corrected chi connectivity index (χ0v) is 15.1. The van der Waals surface area contributed by atoms with Crippen LogP contribution in [0.2, 0.25) is 0 Å². The van der Waals surface area contributed by atoms with Crippen LogP contribution in [0.3, 0.4) is 0 Å². The van der Waals surface area contributed by atoms with E-state index in [4.69, 9.17) is 0 Å². The van der Waals surface area contributed by atoms with Gasteiger partial charge in [0.05, 0.1) is 24.2 Å². The number of amides is 1. The Labute approximate surface area is 160 Å². The smallest absolute Gasteiger partial charge is 0.382 e. The van der Waals surface area contributed by atoms with E-state index in [2.05, 4.69) is 15.0 Å². The van der Waals surface area contributed by atoms with Crippen molar-refractivity contribution in [2.24, 2.45) is 0 Å². The fourth-order valence-corrected chi connectivity index (χ4v) is 2.85. The molecule has 0 aliphatic heterocycles. The van der Waals surface area contributed by atoms with Gasteiger partial charge in [-0.05, 0) is 30.7 Å². The number of benzene rings is 2. The Bertz CT molecular complexity index is 1010. The minimum atomic E-state index is -3.83. The number of carbonyl (C=O) groups excluding carboxylic acids is 2. The van der Waals surface area contributed by atoms with E-state index in [1.807, 2.05) is 30.3 Å². The van der Waals surface area contributed by atoms with Crippen LogP contribution in [0.1, 0.15) is 18.1 Å². The SMILES string of the molecule is CCOC(=O)C(F)(F)c1ccc(NC(=O)Cc2ccccc2)c2ncccc12. The molecule has 0 saturated heterocycles. The zero-order valence-electron chi connectivity index (χ0n) is 15.1. The van der Waals surface area contributed by atoms with Gasteiger partial charge in [-0.2, -0.15) is 8.78 Å². The van der Waals surface area contributed by atoms with Gasteiger partial charge in [0, 0.05) is 17.1 Å². The second-order valence-electron chi connectivity index (χ2n) is 6.07. The van der Waals surface area contributed by atoms with Crippen LogP contribution in [0.15, 0.2) is 60.8 Å². The van der Waals surface area contributed by atoms with Crippen molar-refractivity contribution in [2.75, 3.05) is 11.9 Å². The molecule has 0 atom stereocenters. The Morgan fingerprint density at radius 3 is 2.54 bits per heavy atom. The van der Waals surface area contributed by atoms with Crippen LogP contribution in [0, 0.1) is 0 Å². The Morgan fingerprint density at radius 1 is 1.07 bits per heavy atom. The summed E-state index contributed by atoms with van der Waals surface area (Å²) in [5.74, 6) is -5.76. The molecule has 3 aromatic rings. The normalized spacial score (nSPS) is 11.2. The third-order valence-electron chi connectivity index (χ3n) is 4.12. The van der Waals surface area contributed by atoms with Gasteiger partial charge >= 0.3 is 11.9 Å². The van der Waals surface area contributed by atoms with Crippen molar-refractivity contribution >= 4 is 28.5 Å². The van der Waals surface area contributed by atoms with E-state index in [1.165, 1.54) is 31.3 Å². The maximum absolute atomic E-state index is 14.6. The lowest BCUT2D eigenvalue weighted by molar-refractivity contribution is -0.172. The number of rotatable bonds is 6. The summed E-state index contributed by atoms with van der Waals surface area (Å²) in [6.07, 6.45) is 1.57. The molecule has 1 aromatic heterocycles. The molecule has 3 rings (SSSR count). The van der Waals surface area contributed by atoms with Crippen molar-refractivity contribution in [3.05, 3.63) is 71.9 Å². The summed E-state index contributed by atoms with van der Waals surface area (Å²) in [5.41, 5.74) is 0.767. The van der Waals surface area contributed by atoms with Crippen LogP contribution in [-0.2, 0) is 26.7 Å². The van der Waals surface area contributed by atoms with Crippen molar-refractivity contribution in [1.82, 2.24) is 4.98 Å². The average Bonchev–Trinajstić information content (AvgIpc) is 2.69. The first-order valence-corrected chi connectivity index (χ1v) is 8.70. The highest BCUT2D eigenvalue weighted by atomic mass is 19.3. The molecule has 0 radical (unpaired) electrons. The van der Waals surface area contributed by atoms with Gasteiger partial charge in [-0.25, -0.2) is 4.79 Å². The number of anilines is 1. The number of aromatic nitrogens is 1. The third-order valence-corrected chi connectivity index (χ3v) is 4.12. The van der Waals surface area contributed by atoms with Crippen molar-refractivity contribution in [3.63, 3.8) is 0 Å². The Morgan fingerprint density at radius 2 is 1.82 bits per heavy atom. The number of halogens is 2. The first-order valence-electron chi connectivity index (χ1n) is 8.70. The molecule has 1 amide bonds. The summed E-state index contributed by atoms with van der Waals surface area (Å²) in [6.45, 7) is 1.30. The molecular weight excluding hydrogens is 366 g/mol. The highest BCUT2D eigenvalue weighted by molar-refractivity contribution is 6.03. The summed E-state index contributed by atoms with van der Waals surface area (Å²) < 4.78 is 33.6. The second kappa shape index (κ2) is 8.12. The number of carbonyl (C=O) groups is 2. The van der Waals surface area contributed by atoms with Crippen LogP contribution >= 0.6 is 0 Å². The Balaban J connectivity index is 1.94. The standard InChI is InChI=1S/C21H18F2N2O3/c1-2-28-20(27)21(22,23)16-10-11-17(19-15(16)9-6-12-24-19)25-18(26)13-14-7-4-3-5-8-14/h3-12H,2,13H2,1H3,(H,25,26). The van der Waals surface area contributed by atoms with Gasteiger partial charge in [-0.3, -0.25) is 9.78 Å². The number of nitrogens with zero attached hydrogens (tertiary/aromatic N) is 1. The molecule has 0 fully saturated rings. The van der Waals surface area contributed by atoms with Crippen LogP contribution in [0.25, 0.3) is 10.9 Å². The van der Waals surface area contributed by atoms with Gasteiger partial charge in [0.1, 0.15) is 0 Å². The van der Waals surface area contributed by atoms with Gasteiger partial charge in [0.2, 0.25) is 5.91 Å². The molecule has 0 unspecified atom stereocenters. The molecular formula is C21H18F2N2O3. The van der Waals surface area contributed by atoms with Crippen LogP contribution in [0.4, 0.5) is 14.5 Å². The van der Waals surface area contributed by atoms with Gasteiger partial charge in [-0.15, -0.1) is 0 Å². The highest BCUT2D eigenvalue weighted by Gasteiger charge is 2.44. The van der Waals surface area contributed by atoms with Crippen molar-refractivity contribution in [3.8, 4) is 0 Å². The monoisotopic (exact) mass is 384 g/mol. The van der Waals surface area contributed by atoms with E-state index >= 15 is 0 Å². The molecule has 0 bridgehead atoms. The Hall–Kier alpha value is -3.35. The first-order chi connectivity index (χ1) is 13.4. The summed E-state index contributed by atoms with van der Waals surface area (Å²) in [6, 6.07) is 14.5. The number of alkyl halides is 2. The molecule has 1 heterocycles. The van der Waals surface area contributed by atoms with E-state index in [0.717, 1.165) is 11.6 Å². The lowest BCUT2D eigenvalue weighted by atomic mass is 10.0. The summed E-state index contributed by atoms with van der Waals surface area (Å²) in [4.78, 5) is 28.2. The van der Waals surface area contributed by atoms with Crippen molar-refractivity contribution in [1.29, 1.82) is 0 Å². The molecule has 5 nitrogen and oxygen atoms in total. The number of hydrogen-bond donors (Lipinski definition) is 1. The molecule has 0 aliphatic carbocycles. The fourth-order valence-electron chi connectivity index (χ4n) is 2.85. The predicted molar refractivity (Wildman–Crippen MR) is 101 cm³/mol. The molecule has 0 saturated carbocycles. The number of hydrogen-bond acceptors (Lipinski definition) is 4. The van der Waals surface area contributed by atoms with Crippen LogP contribution < -0.4 is 5.32 Å². The molecule has 0 aliphatic rings. The minimum Gasteiger partial charge on any atom is -0.461 e. The lowest BCUT2D eigenvalue weighted by Gasteiger charge is -2.18. The predicted octanol–water partition coefficient (Wildman–Crippen LogP) is 4.07. The second-order valence-corrected chi connectivity index (χ2v) is 6.07. The van der Waals surface area contributed by atoms with E-state index in [-0.39, 0.29) is 29.8 Å². The van der Waals surface area contributed by atoms with E-state index in [0.29, 0.717) is 5.69 Å². The van der Waals surface area contributed by atoms with Crippen LogP contribution in [0.5, 0.6) is 0 Å². The molecule has 144 valence electrons. The molecule has 1 N–H and O–H groups in total. The molecule has 0 spiro atoms. The highest BCUT2D eigenvalue weighted by Crippen LogP contribution is 2.36. The first kappa shape index (κ1) is 19.4. The van der Waals surface area contributed by atoms with Crippen molar-refractivity contribution in [2.45, 2.75) is 19.3 Å². The maximum Gasteiger partial charge on any atom is 0.382 e. The minimum absolute atomic E-state index is 0.0677. The number of nitrogens with one attached hydrogen (secondary N) is 1. The largest absolute Gasteiger partial charge is 0.461 e. The van der Waals surface area contributed by atoms with Gasteiger partial charge in [0.15, 0.2) is 0 Å². The number of fused-ring (bicyclic) bond motifs is 1. The molecule has 7 heteroatoms.